The van der Waals surface area contributed by atoms with Crippen molar-refractivity contribution in [1.82, 2.24) is 14.7 Å². The van der Waals surface area contributed by atoms with Crippen LogP contribution in [-0.2, 0) is 18.3 Å². The summed E-state index contributed by atoms with van der Waals surface area (Å²) in [5.74, 6) is -1.33. The van der Waals surface area contributed by atoms with Gasteiger partial charge in [-0.1, -0.05) is 0 Å². The number of nitrogens with zero attached hydrogens (tertiary/aromatic N) is 3. The molecule has 8 heteroatoms. The highest BCUT2D eigenvalue weighted by atomic mass is 19.4. The Morgan fingerprint density at radius 2 is 2.21 bits per heavy atom. The van der Waals surface area contributed by atoms with Crippen LogP contribution >= 0.6 is 0 Å². The summed E-state index contributed by atoms with van der Waals surface area (Å²) in [6, 6.07) is 0. The van der Waals surface area contributed by atoms with Gasteiger partial charge in [-0.3, -0.25) is 9.48 Å². The quantitative estimate of drug-likeness (QED) is 0.864. The lowest BCUT2D eigenvalue weighted by molar-refractivity contribution is -0.210. The van der Waals surface area contributed by atoms with E-state index in [2.05, 4.69) is 5.10 Å². The Labute approximate surface area is 108 Å². The van der Waals surface area contributed by atoms with Crippen LogP contribution in [-0.4, -0.2) is 51.6 Å². The summed E-state index contributed by atoms with van der Waals surface area (Å²) in [4.78, 5) is 12.2. The van der Waals surface area contributed by atoms with E-state index in [-0.39, 0.29) is 6.54 Å². The van der Waals surface area contributed by atoms with E-state index in [1.54, 1.807) is 24.1 Å². The summed E-state index contributed by atoms with van der Waals surface area (Å²) in [5.41, 5.74) is 0.944. The number of rotatable bonds is 5. The van der Waals surface area contributed by atoms with Crippen molar-refractivity contribution in [1.29, 1.82) is 0 Å². The molecule has 0 spiro atoms. The predicted octanol–water partition coefficient (Wildman–Crippen LogP) is 0.734. The molecule has 1 aromatic rings. The van der Waals surface area contributed by atoms with Crippen molar-refractivity contribution in [3.8, 4) is 0 Å². The Balaban J connectivity index is 2.39. The van der Waals surface area contributed by atoms with Gasteiger partial charge in [0.05, 0.1) is 6.20 Å². The third-order valence-corrected chi connectivity index (χ3v) is 2.64. The first-order chi connectivity index (χ1) is 8.71. The van der Waals surface area contributed by atoms with Gasteiger partial charge >= 0.3 is 6.18 Å². The van der Waals surface area contributed by atoms with Crippen LogP contribution in [0.2, 0.25) is 0 Å². The molecule has 0 aliphatic heterocycles. The zero-order chi connectivity index (χ0) is 14.6. The number of aryl methyl sites for hydroxylation is 2. The van der Waals surface area contributed by atoms with Crippen LogP contribution in [0.25, 0.3) is 0 Å². The molecule has 0 saturated carbocycles. The van der Waals surface area contributed by atoms with E-state index in [9.17, 15) is 18.0 Å². The molecule has 1 N–H and O–H groups in total. The molecular formula is C11H16F3N3O2. The molecular weight excluding hydrogens is 263 g/mol. The van der Waals surface area contributed by atoms with Crippen molar-refractivity contribution in [3.63, 3.8) is 0 Å². The van der Waals surface area contributed by atoms with E-state index in [1.165, 1.54) is 7.05 Å². The van der Waals surface area contributed by atoms with E-state index in [4.69, 9.17) is 5.11 Å². The standard InChI is InChI=1S/C11H16F3N3O2/c1-16(10(19)9(18)11(12,13)14)5-3-4-8-6-15-17(2)7-8/h6-7,9,18H,3-5H2,1-2H3/t9-/m1/s1. The average Bonchev–Trinajstić information content (AvgIpc) is 2.71. The molecule has 1 heterocycles. The van der Waals surface area contributed by atoms with Gasteiger partial charge in [-0.25, -0.2) is 0 Å². The molecule has 1 rings (SSSR count). The third kappa shape index (κ3) is 4.55. The molecule has 1 amide bonds. The number of likely N-dealkylation sites (N-methyl/N-ethyl adjacent to an activating group) is 1. The second-order valence-corrected chi connectivity index (χ2v) is 4.33. The van der Waals surface area contributed by atoms with Gasteiger partial charge in [-0.15, -0.1) is 0 Å². The van der Waals surface area contributed by atoms with Gasteiger partial charge in [-0.05, 0) is 18.4 Å². The maximum atomic E-state index is 12.1. The summed E-state index contributed by atoms with van der Waals surface area (Å²) in [6.45, 7) is 0.140. The van der Waals surface area contributed by atoms with Crippen LogP contribution in [0.1, 0.15) is 12.0 Å². The summed E-state index contributed by atoms with van der Waals surface area (Å²) < 4.78 is 38.0. The second kappa shape index (κ2) is 6.05. The average molecular weight is 279 g/mol. The normalized spacial score (nSPS) is 13.4. The maximum Gasteiger partial charge on any atom is 0.423 e. The van der Waals surface area contributed by atoms with E-state index >= 15 is 0 Å². The van der Waals surface area contributed by atoms with Crippen molar-refractivity contribution >= 4 is 5.91 Å². The lowest BCUT2D eigenvalue weighted by Gasteiger charge is -2.21. The molecule has 0 aliphatic carbocycles. The van der Waals surface area contributed by atoms with E-state index in [0.717, 1.165) is 10.5 Å². The molecule has 108 valence electrons. The predicted molar refractivity (Wildman–Crippen MR) is 61.2 cm³/mol. The number of carbonyl (C=O) groups is 1. The fourth-order valence-electron chi connectivity index (χ4n) is 1.58. The van der Waals surface area contributed by atoms with Crippen molar-refractivity contribution in [2.45, 2.75) is 25.1 Å². The minimum absolute atomic E-state index is 0.140. The van der Waals surface area contributed by atoms with Crippen molar-refractivity contribution < 1.29 is 23.1 Å². The SMILES string of the molecule is CN(CCCc1cnn(C)c1)C(=O)[C@@H](O)C(F)(F)F. The highest BCUT2D eigenvalue weighted by molar-refractivity contribution is 5.81. The number of aliphatic hydroxyl groups excluding tert-OH is 1. The number of amides is 1. The monoisotopic (exact) mass is 279 g/mol. The molecule has 0 aliphatic rings. The number of carbonyl (C=O) groups excluding carboxylic acids is 1. The molecule has 0 aromatic carbocycles. The van der Waals surface area contributed by atoms with Crippen LogP contribution in [0, 0.1) is 0 Å². The molecule has 0 fully saturated rings. The molecule has 0 unspecified atom stereocenters. The van der Waals surface area contributed by atoms with E-state index in [0.29, 0.717) is 12.8 Å². The lowest BCUT2D eigenvalue weighted by Crippen LogP contribution is -2.45. The summed E-state index contributed by atoms with van der Waals surface area (Å²) in [6.07, 6.45) is -3.31. The fraction of sp³-hybridized carbons (Fsp3) is 0.636. The minimum Gasteiger partial charge on any atom is -0.376 e. The van der Waals surface area contributed by atoms with Crippen molar-refractivity contribution in [2.24, 2.45) is 7.05 Å². The topological polar surface area (TPSA) is 58.4 Å². The minimum atomic E-state index is -4.92. The van der Waals surface area contributed by atoms with Gasteiger partial charge in [-0.2, -0.15) is 18.3 Å². The van der Waals surface area contributed by atoms with E-state index in [1.807, 2.05) is 0 Å². The van der Waals surface area contributed by atoms with Gasteiger partial charge < -0.3 is 10.0 Å². The number of hydrogen-bond donors (Lipinski definition) is 1. The first-order valence-corrected chi connectivity index (χ1v) is 5.69. The number of hydrogen-bond acceptors (Lipinski definition) is 3. The summed E-state index contributed by atoms with van der Waals surface area (Å²) in [5, 5.41) is 12.8. The lowest BCUT2D eigenvalue weighted by atomic mass is 10.2. The van der Waals surface area contributed by atoms with E-state index < -0.39 is 18.2 Å². The van der Waals surface area contributed by atoms with Crippen LogP contribution in [0.15, 0.2) is 12.4 Å². The Morgan fingerprint density at radius 1 is 1.58 bits per heavy atom. The first-order valence-electron chi connectivity index (χ1n) is 5.69. The van der Waals surface area contributed by atoms with Gasteiger partial charge in [0, 0.05) is 26.8 Å². The molecule has 5 nitrogen and oxygen atoms in total. The Morgan fingerprint density at radius 3 is 2.68 bits per heavy atom. The van der Waals surface area contributed by atoms with Crippen LogP contribution < -0.4 is 0 Å². The molecule has 1 atom stereocenters. The largest absolute Gasteiger partial charge is 0.423 e. The zero-order valence-corrected chi connectivity index (χ0v) is 10.7. The molecule has 19 heavy (non-hydrogen) atoms. The van der Waals surface area contributed by atoms with Gasteiger partial charge in [0.2, 0.25) is 6.10 Å². The second-order valence-electron chi connectivity index (χ2n) is 4.33. The van der Waals surface area contributed by atoms with Crippen molar-refractivity contribution in [2.75, 3.05) is 13.6 Å². The summed E-state index contributed by atoms with van der Waals surface area (Å²) >= 11 is 0. The molecule has 0 radical (unpaired) electrons. The maximum absolute atomic E-state index is 12.1. The van der Waals surface area contributed by atoms with Crippen LogP contribution in [0.5, 0.6) is 0 Å². The Kier molecular flexibility index (Phi) is 4.93. The summed E-state index contributed by atoms with van der Waals surface area (Å²) in [7, 11) is 3.00. The highest BCUT2D eigenvalue weighted by Gasteiger charge is 2.44. The molecule has 1 aromatic heterocycles. The molecule has 0 bridgehead atoms. The van der Waals surface area contributed by atoms with Gasteiger partial charge in [0.15, 0.2) is 0 Å². The van der Waals surface area contributed by atoms with Crippen LogP contribution in [0.4, 0.5) is 13.2 Å². The fourth-order valence-corrected chi connectivity index (χ4v) is 1.58. The first kappa shape index (κ1) is 15.5. The highest BCUT2D eigenvalue weighted by Crippen LogP contribution is 2.21. The number of alkyl halides is 3. The Hall–Kier alpha value is -1.57. The molecule has 0 saturated heterocycles. The number of aromatic nitrogens is 2. The number of aliphatic hydroxyl groups is 1. The van der Waals surface area contributed by atoms with Gasteiger partial charge in [0.1, 0.15) is 0 Å². The van der Waals surface area contributed by atoms with Crippen molar-refractivity contribution in [3.05, 3.63) is 18.0 Å². The van der Waals surface area contributed by atoms with Crippen LogP contribution in [0.3, 0.4) is 0 Å². The zero-order valence-electron chi connectivity index (χ0n) is 10.7. The third-order valence-electron chi connectivity index (χ3n) is 2.64. The van der Waals surface area contributed by atoms with Gasteiger partial charge in [0.25, 0.3) is 5.91 Å². The Bertz CT molecular complexity index is 431. The number of halogens is 3. The smallest absolute Gasteiger partial charge is 0.376 e.